The van der Waals surface area contributed by atoms with Gasteiger partial charge in [0.2, 0.25) is 0 Å². The second-order valence-corrected chi connectivity index (χ2v) is 6.43. The highest BCUT2D eigenvalue weighted by molar-refractivity contribution is 7.80. The Morgan fingerprint density at radius 2 is 1.95 bits per heavy atom. The van der Waals surface area contributed by atoms with Gasteiger partial charge in [-0.25, -0.2) is 0 Å². The minimum Gasteiger partial charge on any atom is -0.328 e. The van der Waals surface area contributed by atoms with Crippen molar-refractivity contribution in [2.75, 3.05) is 5.75 Å². The third kappa shape index (κ3) is 6.81. The summed E-state index contributed by atoms with van der Waals surface area (Å²) < 4.78 is 0. The van der Waals surface area contributed by atoms with Gasteiger partial charge in [-0.2, -0.15) is 12.6 Å². The lowest BCUT2D eigenvalue weighted by atomic mass is 9.92. The van der Waals surface area contributed by atoms with Gasteiger partial charge in [-0.15, -0.1) is 0 Å². The second-order valence-electron chi connectivity index (χ2n) is 5.98. The van der Waals surface area contributed by atoms with Crippen molar-refractivity contribution in [1.29, 1.82) is 0 Å². The van der Waals surface area contributed by atoms with E-state index < -0.39 is 0 Å². The van der Waals surface area contributed by atoms with Crippen molar-refractivity contribution in [3.63, 3.8) is 0 Å². The quantitative estimate of drug-likeness (QED) is 0.529. The third-order valence-corrected chi connectivity index (χ3v) is 4.43. The predicted octanol–water partition coefficient (Wildman–Crippen LogP) is 5.20. The summed E-state index contributed by atoms with van der Waals surface area (Å²) >= 11 is 4.31. The van der Waals surface area contributed by atoms with Crippen LogP contribution < -0.4 is 5.73 Å². The monoisotopic (exact) mass is 293 g/mol. The first-order valence-corrected chi connectivity index (χ1v) is 8.67. The van der Waals surface area contributed by atoms with Gasteiger partial charge in [0, 0.05) is 6.04 Å². The van der Waals surface area contributed by atoms with Gasteiger partial charge in [0.05, 0.1) is 0 Å². The smallest absolute Gasteiger partial charge is 0.00389 e. The van der Waals surface area contributed by atoms with E-state index in [9.17, 15) is 0 Å². The molecule has 1 atom stereocenters. The fourth-order valence-corrected chi connectivity index (χ4v) is 3.27. The Hall–Kier alpha value is -0.470. The summed E-state index contributed by atoms with van der Waals surface area (Å²) in [5.74, 6) is 0.889. The molecule has 0 spiro atoms. The molecule has 0 aromatic carbocycles. The highest BCUT2D eigenvalue weighted by Crippen LogP contribution is 2.27. The zero-order valence-corrected chi connectivity index (χ0v) is 13.8. The molecule has 1 aliphatic carbocycles. The van der Waals surface area contributed by atoms with Gasteiger partial charge in [-0.1, -0.05) is 43.2 Å². The third-order valence-electron chi connectivity index (χ3n) is 4.20. The highest BCUT2D eigenvalue weighted by Gasteiger charge is 2.10. The topological polar surface area (TPSA) is 26.0 Å². The van der Waals surface area contributed by atoms with Gasteiger partial charge < -0.3 is 5.73 Å². The SMILES string of the molecule is C=C/C1=C(\CC(=C)CCS)CCCC(N)CCCCC1. The van der Waals surface area contributed by atoms with E-state index in [0.717, 1.165) is 31.4 Å². The molecule has 0 aromatic rings. The molecule has 0 aliphatic heterocycles. The first-order valence-electron chi connectivity index (χ1n) is 8.03. The van der Waals surface area contributed by atoms with Crippen molar-refractivity contribution in [3.8, 4) is 0 Å². The zero-order chi connectivity index (χ0) is 14.8. The summed E-state index contributed by atoms with van der Waals surface area (Å²) in [5, 5.41) is 0. The lowest BCUT2D eigenvalue weighted by Gasteiger charge is -2.15. The van der Waals surface area contributed by atoms with Crippen molar-refractivity contribution in [3.05, 3.63) is 36.0 Å². The van der Waals surface area contributed by atoms with E-state index >= 15 is 0 Å². The molecule has 1 aliphatic rings. The Balaban J connectivity index is 2.74. The van der Waals surface area contributed by atoms with E-state index in [1.165, 1.54) is 49.7 Å². The summed E-state index contributed by atoms with van der Waals surface area (Å²) in [6, 6.07) is 0.391. The lowest BCUT2D eigenvalue weighted by Crippen LogP contribution is -2.19. The normalized spacial score (nSPS) is 25.8. The molecule has 2 N–H and O–H groups in total. The van der Waals surface area contributed by atoms with Gasteiger partial charge in [-0.05, 0) is 62.7 Å². The Morgan fingerprint density at radius 3 is 2.65 bits per heavy atom. The van der Waals surface area contributed by atoms with E-state index in [1.807, 2.05) is 0 Å². The van der Waals surface area contributed by atoms with E-state index in [2.05, 4.69) is 31.9 Å². The maximum Gasteiger partial charge on any atom is 0.00389 e. The Morgan fingerprint density at radius 1 is 1.20 bits per heavy atom. The fourth-order valence-electron chi connectivity index (χ4n) is 2.95. The van der Waals surface area contributed by atoms with Crippen molar-refractivity contribution < 1.29 is 0 Å². The van der Waals surface area contributed by atoms with Crippen LogP contribution in [-0.4, -0.2) is 11.8 Å². The minimum atomic E-state index is 0.391. The van der Waals surface area contributed by atoms with Crippen LogP contribution in [-0.2, 0) is 0 Å². The molecule has 1 unspecified atom stereocenters. The van der Waals surface area contributed by atoms with Crippen LogP contribution in [0.4, 0.5) is 0 Å². The van der Waals surface area contributed by atoms with Crippen LogP contribution in [0.25, 0.3) is 0 Å². The van der Waals surface area contributed by atoms with E-state index in [4.69, 9.17) is 5.73 Å². The molecular formula is C18H31NS. The predicted molar refractivity (Wildman–Crippen MR) is 94.4 cm³/mol. The molecule has 0 fully saturated rings. The van der Waals surface area contributed by atoms with Gasteiger partial charge in [-0.3, -0.25) is 0 Å². The molecule has 114 valence electrons. The van der Waals surface area contributed by atoms with Crippen molar-refractivity contribution in [2.24, 2.45) is 5.73 Å². The molecule has 0 radical (unpaired) electrons. The van der Waals surface area contributed by atoms with Crippen LogP contribution in [0.15, 0.2) is 36.0 Å². The maximum absolute atomic E-state index is 6.17. The second kappa shape index (κ2) is 10.3. The molecule has 1 nitrogen and oxygen atoms in total. The molecule has 0 heterocycles. The summed E-state index contributed by atoms with van der Waals surface area (Å²) in [5.41, 5.74) is 10.5. The van der Waals surface area contributed by atoms with E-state index in [1.54, 1.807) is 5.57 Å². The van der Waals surface area contributed by atoms with Crippen molar-refractivity contribution in [1.82, 2.24) is 0 Å². The zero-order valence-electron chi connectivity index (χ0n) is 12.9. The van der Waals surface area contributed by atoms with Gasteiger partial charge in [0.25, 0.3) is 0 Å². The van der Waals surface area contributed by atoms with E-state index in [0.29, 0.717) is 6.04 Å². The van der Waals surface area contributed by atoms with Crippen LogP contribution in [0.5, 0.6) is 0 Å². The van der Waals surface area contributed by atoms with Crippen LogP contribution >= 0.6 is 12.6 Å². The standard InChI is InChI=1S/C18H31NS/c1-3-16-8-5-4-6-10-18(19)11-7-9-17(16)14-15(2)12-13-20/h3,18,20H,1-2,4-14,19H2/b17-16+. The van der Waals surface area contributed by atoms with E-state index in [-0.39, 0.29) is 0 Å². The first-order chi connectivity index (χ1) is 9.67. The van der Waals surface area contributed by atoms with Crippen LogP contribution in [0.3, 0.4) is 0 Å². The Kier molecular flexibility index (Phi) is 9.04. The average Bonchev–Trinajstić information content (AvgIpc) is 2.45. The average molecular weight is 294 g/mol. The number of hydrogen-bond acceptors (Lipinski definition) is 2. The summed E-state index contributed by atoms with van der Waals surface area (Å²) in [6.45, 7) is 8.22. The number of allylic oxidation sites excluding steroid dienone is 4. The Bertz CT molecular complexity index is 343. The fraction of sp³-hybridized carbons (Fsp3) is 0.667. The van der Waals surface area contributed by atoms with Crippen molar-refractivity contribution in [2.45, 2.75) is 70.3 Å². The lowest BCUT2D eigenvalue weighted by molar-refractivity contribution is 0.513. The number of nitrogens with two attached hydrogens (primary N) is 1. The molecule has 0 saturated heterocycles. The number of thiol groups is 1. The molecule has 1 rings (SSSR count). The van der Waals surface area contributed by atoms with Crippen LogP contribution in [0.2, 0.25) is 0 Å². The molecule has 20 heavy (non-hydrogen) atoms. The Labute approximate surface area is 130 Å². The molecule has 0 bridgehead atoms. The first kappa shape index (κ1) is 17.6. The van der Waals surface area contributed by atoms with Gasteiger partial charge in [0.1, 0.15) is 0 Å². The molecule has 0 saturated carbocycles. The summed E-state index contributed by atoms with van der Waals surface area (Å²) in [4.78, 5) is 0. The highest BCUT2D eigenvalue weighted by atomic mass is 32.1. The number of rotatable bonds is 5. The van der Waals surface area contributed by atoms with Gasteiger partial charge in [0.15, 0.2) is 0 Å². The minimum absolute atomic E-state index is 0.391. The molecular weight excluding hydrogens is 262 g/mol. The van der Waals surface area contributed by atoms with Crippen LogP contribution in [0, 0.1) is 0 Å². The number of hydrogen-bond donors (Lipinski definition) is 2. The summed E-state index contributed by atoms with van der Waals surface area (Å²) in [7, 11) is 0. The largest absolute Gasteiger partial charge is 0.328 e. The summed E-state index contributed by atoms with van der Waals surface area (Å²) in [6.07, 6.45) is 13.8. The molecule has 0 amide bonds. The van der Waals surface area contributed by atoms with Crippen molar-refractivity contribution >= 4 is 12.6 Å². The van der Waals surface area contributed by atoms with Gasteiger partial charge >= 0.3 is 0 Å². The maximum atomic E-state index is 6.17. The molecule has 0 aromatic heterocycles. The molecule has 2 heteroatoms. The van der Waals surface area contributed by atoms with Crippen LogP contribution in [0.1, 0.15) is 64.2 Å².